The lowest BCUT2D eigenvalue weighted by molar-refractivity contribution is 0.415. The van der Waals surface area contributed by atoms with Crippen molar-refractivity contribution in [2.24, 2.45) is 0 Å². The average Bonchev–Trinajstić information content (AvgIpc) is 2.49. The highest BCUT2D eigenvalue weighted by atomic mass is 35.5. The van der Waals surface area contributed by atoms with Gasteiger partial charge in [-0.1, -0.05) is 41.9 Å². The van der Waals surface area contributed by atoms with Gasteiger partial charge in [0, 0.05) is 22.7 Å². The van der Waals surface area contributed by atoms with Crippen LogP contribution in [0.3, 0.4) is 0 Å². The summed E-state index contributed by atoms with van der Waals surface area (Å²) in [5.41, 5.74) is 3.08. The van der Waals surface area contributed by atoms with Gasteiger partial charge in [0.1, 0.15) is 5.75 Å². The van der Waals surface area contributed by atoms with Gasteiger partial charge in [0.2, 0.25) is 0 Å². The molecule has 106 valence electrons. The molecular weight excluding hydrogens is 286 g/mol. The molecule has 1 N–H and O–H groups in total. The number of pyridine rings is 1. The Morgan fingerprint density at radius 3 is 2.52 bits per heavy atom. The van der Waals surface area contributed by atoms with Gasteiger partial charge in [-0.25, -0.2) is 0 Å². The second-order valence-electron chi connectivity index (χ2n) is 4.85. The molecule has 1 heterocycles. The van der Waals surface area contributed by atoms with E-state index in [4.69, 9.17) is 16.3 Å². The van der Waals surface area contributed by atoms with Crippen LogP contribution < -0.4 is 10.2 Å². The zero-order valence-electron chi connectivity index (χ0n) is 11.7. The first-order valence-corrected chi connectivity index (χ1v) is 6.95. The lowest BCUT2D eigenvalue weighted by Gasteiger charge is -2.10. The van der Waals surface area contributed by atoms with E-state index in [-0.39, 0.29) is 5.43 Å². The molecule has 0 saturated heterocycles. The second kappa shape index (κ2) is 5.26. The molecule has 0 radical (unpaired) electrons. The Morgan fingerprint density at radius 1 is 1.14 bits per heavy atom. The first kappa shape index (κ1) is 13.7. The van der Waals surface area contributed by atoms with Crippen molar-refractivity contribution in [3.8, 4) is 16.9 Å². The number of ether oxygens (including phenoxy) is 1. The van der Waals surface area contributed by atoms with Crippen molar-refractivity contribution in [3.05, 3.63) is 63.4 Å². The number of fused-ring (bicyclic) bond motifs is 1. The molecule has 4 heteroatoms. The van der Waals surface area contributed by atoms with Crippen molar-refractivity contribution in [2.45, 2.75) is 6.92 Å². The summed E-state index contributed by atoms with van der Waals surface area (Å²) in [6.45, 7) is 1.89. The van der Waals surface area contributed by atoms with Crippen molar-refractivity contribution < 1.29 is 4.74 Å². The molecule has 3 rings (SSSR count). The van der Waals surface area contributed by atoms with E-state index in [1.165, 1.54) is 0 Å². The van der Waals surface area contributed by atoms with Crippen LogP contribution >= 0.6 is 11.6 Å². The minimum Gasteiger partial charge on any atom is -0.495 e. The fourth-order valence-electron chi connectivity index (χ4n) is 2.52. The monoisotopic (exact) mass is 299 g/mol. The van der Waals surface area contributed by atoms with E-state index >= 15 is 0 Å². The molecule has 0 unspecified atom stereocenters. The van der Waals surface area contributed by atoms with Gasteiger partial charge in [-0.3, -0.25) is 4.79 Å². The van der Waals surface area contributed by atoms with Crippen LogP contribution in [0.5, 0.6) is 5.75 Å². The third-order valence-electron chi connectivity index (χ3n) is 3.52. The van der Waals surface area contributed by atoms with Crippen LogP contribution in [-0.2, 0) is 0 Å². The topological polar surface area (TPSA) is 42.1 Å². The molecule has 0 aliphatic heterocycles. The third-order valence-corrected chi connectivity index (χ3v) is 3.82. The summed E-state index contributed by atoms with van der Waals surface area (Å²) >= 11 is 6.14. The quantitative estimate of drug-likeness (QED) is 0.772. The van der Waals surface area contributed by atoms with E-state index in [0.717, 1.165) is 16.8 Å². The summed E-state index contributed by atoms with van der Waals surface area (Å²) in [5.74, 6) is 0.548. The van der Waals surface area contributed by atoms with Crippen molar-refractivity contribution >= 4 is 22.5 Å². The predicted molar refractivity (Wildman–Crippen MR) is 86.3 cm³/mol. The van der Waals surface area contributed by atoms with Crippen LogP contribution in [-0.4, -0.2) is 12.1 Å². The summed E-state index contributed by atoms with van der Waals surface area (Å²) in [7, 11) is 1.55. The number of aromatic nitrogens is 1. The third kappa shape index (κ3) is 2.30. The molecule has 0 saturated carbocycles. The van der Waals surface area contributed by atoms with Gasteiger partial charge in [-0.2, -0.15) is 0 Å². The lowest BCUT2D eigenvalue weighted by atomic mass is 10.0. The highest BCUT2D eigenvalue weighted by Crippen LogP contribution is 2.29. The number of aromatic amines is 1. The van der Waals surface area contributed by atoms with Crippen LogP contribution in [0, 0.1) is 6.92 Å². The Morgan fingerprint density at radius 2 is 1.86 bits per heavy atom. The first-order valence-electron chi connectivity index (χ1n) is 6.57. The molecule has 0 bridgehead atoms. The highest BCUT2D eigenvalue weighted by molar-refractivity contribution is 6.32. The normalized spacial score (nSPS) is 10.8. The number of rotatable bonds is 2. The van der Waals surface area contributed by atoms with Gasteiger partial charge in [-0.15, -0.1) is 0 Å². The van der Waals surface area contributed by atoms with Crippen LogP contribution in [0.25, 0.3) is 22.0 Å². The van der Waals surface area contributed by atoms with E-state index < -0.39 is 0 Å². The Balaban J connectivity index is 2.37. The standard InChI is InChI=1S/C17H14ClNO2/c1-10-16(11-6-4-3-5-7-11)17(20)12-8-13(18)15(21-2)9-14(12)19-10/h3-9H,1-2H3,(H,19,20). The van der Waals surface area contributed by atoms with Crippen molar-refractivity contribution in [2.75, 3.05) is 7.11 Å². The molecule has 3 aromatic rings. The number of H-pyrrole nitrogens is 1. The van der Waals surface area contributed by atoms with Crippen LogP contribution in [0.4, 0.5) is 0 Å². The van der Waals surface area contributed by atoms with Crippen molar-refractivity contribution in [3.63, 3.8) is 0 Å². The molecule has 0 amide bonds. The number of aryl methyl sites for hydroxylation is 1. The Kier molecular flexibility index (Phi) is 3.43. The molecule has 0 aliphatic carbocycles. The largest absolute Gasteiger partial charge is 0.495 e. The first-order chi connectivity index (χ1) is 10.1. The number of hydrogen-bond acceptors (Lipinski definition) is 2. The van der Waals surface area contributed by atoms with Crippen LogP contribution in [0.2, 0.25) is 5.02 Å². The van der Waals surface area contributed by atoms with Gasteiger partial charge < -0.3 is 9.72 Å². The van der Waals surface area contributed by atoms with Gasteiger partial charge >= 0.3 is 0 Å². The lowest BCUT2D eigenvalue weighted by Crippen LogP contribution is -2.09. The highest BCUT2D eigenvalue weighted by Gasteiger charge is 2.13. The van der Waals surface area contributed by atoms with E-state index in [1.807, 2.05) is 37.3 Å². The van der Waals surface area contributed by atoms with Gasteiger partial charge in [0.15, 0.2) is 5.43 Å². The maximum Gasteiger partial charge on any atom is 0.197 e. The summed E-state index contributed by atoms with van der Waals surface area (Å²) in [4.78, 5) is 16.0. The second-order valence-corrected chi connectivity index (χ2v) is 5.26. The molecule has 2 aromatic carbocycles. The van der Waals surface area contributed by atoms with E-state index in [9.17, 15) is 4.79 Å². The summed E-state index contributed by atoms with van der Waals surface area (Å²) in [6.07, 6.45) is 0. The minimum atomic E-state index is -0.0306. The number of hydrogen-bond donors (Lipinski definition) is 1. The molecular formula is C17H14ClNO2. The van der Waals surface area contributed by atoms with E-state index in [0.29, 0.717) is 21.7 Å². The van der Waals surface area contributed by atoms with Gasteiger partial charge in [-0.05, 0) is 18.6 Å². The maximum atomic E-state index is 12.8. The molecule has 1 aromatic heterocycles. The van der Waals surface area contributed by atoms with E-state index in [2.05, 4.69) is 4.98 Å². The van der Waals surface area contributed by atoms with Crippen LogP contribution in [0.15, 0.2) is 47.3 Å². The minimum absolute atomic E-state index is 0.0306. The Hall–Kier alpha value is -2.26. The number of methoxy groups -OCH3 is 1. The summed E-state index contributed by atoms with van der Waals surface area (Å²) < 4.78 is 5.19. The molecule has 0 fully saturated rings. The smallest absolute Gasteiger partial charge is 0.197 e. The SMILES string of the molecule is COc1cc2[nH]c(C)c(-c3ccccc3)c(=O)c2cc1Cl. The Labute approximate surface area is 127 Å². The zero-order valence-corrected chi connectivity index (χ0v) is 12.5. The van der Waals surface area contributed by atoms with Gasteiger partial charge in [0.25, 0.3) is 0 Å². The maximum absolute atomic E-state index is 12.8. The summed E-state index contributed by atoms with van der Waals surface area (Å²) in [6, 6.07) is 13.0. The predicted octanol–water partition coefficient (Wildman–Crippen LogP) is 4.17. The molecule has 0 atom stereocenters. The van der Waals surface area contributed by atoms with Gasteiger partial charge in [0.05, 0.1) is 17.6 Å². The fraction of sp³-hybridized carbons (Fsp3) is 0.118. The summed E-state index contributed by atoms with van der Waals surface area (Å²) in [5, 5.41) is 0.989. The number of halogens is 1. The number of benzene rings is 2. The number of nitrogens with one attached hydrogen (secondary N) is 1. The Bertz CT molecular complexity index is 869. The molecule has 3 nitrogen and oxygen atoms in total. The van der Waals surface area contributed by atoms with Crippen molar-refractivity contribution in [1.29, 1.82) is 0 Å². The molecule has 0 aliphatic rings. The molecule has 0 spiro atoms. The van der Waals surface area contributed by atoms with E-state index in [1.54, 1.807) is 19.2 Å². The zero-order chi connectivity index (χ0) is 15.0. The van der Waals surface area contributed by atoms with Crippen molar-refractivity contribution in [1.82, 2.24) is 4.98 Å². The average molecular weight is 300 g/mol. The van der Waals surface area contributed by atoms with Crippen LogP contribution in [0.1, 0.15) is 5.69 Å². The molecule has 21 heavy (non-hydrogen) atoms. The fourth-order valence-corrected chi connectivity index (χ4v) is 2.76.